The van der Waals surface area contributed by atoms with E-state index in [9.17, 15) is 24.1 Å². The van der Waals surface area contributed by atoms with Crippen molar-refractivity contribution in [1.82, 2.24) is 5.06 Å². The van der Waals surface area contributed by atoms with E-state index in [1.165, 1.54) is 0 Å². The van der Waals surface area contributed by atoms with E-state index in [4.69, 9.17) is 19.0 Å². The molecule has 2 aliphatic rings. The third-order valence-corrected chi connectivity index (χ3v) is 5.35. The standard InChI is InChI=1S/C22H18F3N3O8/c1-22(15-14(23)9-11(10-29)17(24)18(15)25)16(20(30)34-3)19(33-2)26-21(35-4)27(22)36-13-7-5-12(6-8-13)28(31)32/h5-9,17H,1-4H3. The number of hydrogen-bond donors (Lipinski definition) is 0. The van der Waals surface area contributed by atoms with Gasteiger partial charge in [0.2, 0.25) is 5.88 Å². The number of nitrogens with zero attached hydrogens (tertiary/aromatic N) is 3. The molecule has 0 bridgehead atoms. The number of alkyl halides is 1. The Bertz CT molecular complexity index is 1280. The van der Waals surface area contributed by atoms with Gasteiger partial charge in [0.15, 0.2) is 11.9 Å². The molecule has 0 aromatic heterocycles. The lowest BCUT2D eigenvalue weighted by Crippen LogP contribution is -2.59. The molecule has 1 aromatic rings. The van der Waals surface area contributed by atoms with Crippen LogP contribution in [0.5, 0.6) is 5.75 Å². The molecule has 0 saturated carbocycles. The number of nitro groups is 1. The minimum atomic E-state index is -2.72. The number of hydroxylamine groups is 2. The minimum absolute atomic E-state index is 0.117. The van der Waals surface area contributed by atoms with Crippen LogP contribution in [-0.4, -0.2) is 61.0 Å². The largest absolute Gasteiger partial charge is 0.480 e. The molecule has 0 fully saturated rings. The van der Waals surface area contributed by atoms with E-state index in [0.717, 1.165) is 58.5 Å². The molecule has 0 saturated heterocycles. The summed E-state index contributed by atoms with van der Waals surface area (Å²) in [5, 5.41) is 11.6. The van der Waals surface area contributed by atoms with E-state index in [1.54, 1.807) is 0 Å². The molecule has 3 rings (SSSR count). The number of amidine groups is 1. The van der Waals surface area contributed by atoms with Crippen molar-refractivity contribution in [3.8, 4) is 5.75 Å². The van der Waals surface area contributed by atoms with Crippen LogP contribution in [-0.2, 0) is 23.8 Å². The Hall–Kier alpha value is -4.58. The van der Waals surface area contributed by atoms with Crippen LogP contribution < -0.4 is 4.84 Å². The SMILES string of the molecule is COC(=O)C1=C(OC)N=C(OC)N(Oc2ccc([N+](=O)[O-])cc2)C1(C)C1=C(F)C(F)C(=C=O)C=C1F. The number of non-ortho nitro benzene ring substituents is 1. The van der Waals surface area contributed by atoms with Gasteiger partial charge in [-0.3, -0.25) is 10.1 Å². The highest BCUT2D eigenvalue weighted by molar-refractivity contribution is 5.96. The molecule has 1 aliphatic carbocycles. The van der Waals surface area contributed by atoms with Crippen molar-refractivity contribution in [2.45, 2.75) is 18.6 Å². The van der Waals surface area contributed by atoms with Crippen LogP contribution in [0.15, 0.2) is 69.6 Å². The second-order valence-electron chi connectivity index (χ2n) is 7.32. The summed E-state index contributed by atoms with van der Waals surface area (Å²) in [6, 6.07) is 3.97. The van der Waals surface area contributed by atoms with Gasteiger partial charge in [-0.2, -0.15) is 4.99 Å². The average molecular weight is 509 g/mol. The lowest BCUT2D eigenvalue weighted by molar-refractivity contribution is -0.384. The summed E-state index contributed by atoms with van der Waals surface area (Å²) in [7, 11) is 3.19. The highest BCUT2D eigenvalue weighted by Crippen LogP contribution is 2.47. The first-order chi connectivity index (χ1) is 17.0. The molecule has 0 amide bonds. The Labute approximate surface area is 201 Å². The number of rotatable bonds is 6. The number of halogens is 3. The Balaban J connectivity index is 2.33. The van der Waals surface area contributed by atoms with Gasteiger partial charge >= 0.3 is 12.0 Å². The number of carbonyl (C=O) groups is 1. The maximum atomic E-state index is 15.4. The summed E-state index contributed by atoms with van der Waals surface area (Å²) in [4.78, 5) is 43.8. The summed E-state index contributed by atoms with van der Waals surface area (Å²) < 4.78 is 60.5. The van der Waals surface area contributed by atoms with Crippen molar-refractivity contribution in [3.63, 3.8) is 0 Å². The third-order valence-electron chi connectivity index (χ3n) is 5.35. The van der Waals surface area contributed by atoms with Crippen molar-refractivity contribution < 1.29 is 46.7 Å². The highest BCUT2D eigenvalue weighted by Gasteiger charge is 2.56. The lowest BCUT2D eigenvalue weighted by atomic mass is 9.78. The van der Waals surface area contributed by atoms with Gasteiger partial charge in [-0.25, -0.2) is 22.8 Å². The first kappa shape index (κ1) is 26.0. The van der Waals surface area contributed by atoms with Gasteiger partial charge in [0.25, 0.3) is 5.69 Å². The first-order valence-electron chi connectivity index (χ1n) is 9.94. The van der Waals surface area contributed by atoms with E-state index in [2.05, 4.69) is 4.99 Å². The zero-order valence-corrected chi connectivity index (χ0v) is 19.2. The van der Waals surface area contributed by atoms with E-state index in [-0.39, 0.29) is 11.4 Å². The van der Waals surface area contributed by atoms with E-state index in [0.29, 0.717) is 11.1 Å². The number of ether oxygens (including phenoxy) is 3. The molecule has 1 heterocycles. The molecular formula is C22H18F3N3O8. The topological polar surface area (TPSA) is 130 Å². The Morgan fingerprint density at radius 2 is 1.83 bits per heavy atom. The van der Waals surface area contributed by atoms with Crippen LogP contribution in [0.4, 0.5) is 18.9 Å². The van der Waals surface area contributed by atoms with Gasteiger partial charge in [0.05, 0.1) is 37.4 Å². The fourth-order valence-electron chi connectivity index (χ4n) is 3.65. The molecule has 190 valence electrons. The minimum Gasteiger partial charge on any atom is -0.480 e. The van der Waals surface area contributed by atoms with E-state index in [1.807, 2.05) is 0 Å². The molecule has 1 aliphatic heterocycles. The van der Waals surface area contributed by atoms with Crippen molar-refractivity contribution in [1.29, 1.82) is 0 Å². The number of aliphatic imine (C=N–C) groups is 1. The molecule has 0 radical (unpaired) electrons. The van der Waals surface area contributed by atoms with E-state index >= 15 is 8.78 Å². The molecule has 0 N–H and O–H groups in total. The van der Waals surface area contributed by atoms with Gasteiger partial charge in [-0.15, -0.1) is 5.06 Å². The van der Waals surface area contributed by atoms with Crippen LogP contribution in [0, 0.1) is 10.1 Å². The zero-order valence-electron chi connectivity index (χ0n) is 19.2. The van der Waals surface area contributed by atoms with Crippen LogP contribution in [0.25, 0.3) is 0 Å². The number of allylic oxidation sites excluding steroid dienone is 3. The lowest BCUT2D eigenvalue weighted by Gasteiger charge is -2.44. The van der Waals surface area contributed by atoms with Crippen molar-refractivity contribution in [2.75, 3.05) is 21.3 Å². The van der Waals surface area contributed by atoms with E-state index < -0.39 is 62.9 Å². The van der Waals surface area contributed by atoms with Gasteiger partial charge in [0, 0.05) is 12.1 Å². The number of benzene rings is 1. The molecule has 0 spiro atoms. The van der Waals surface area contributed by atoms with Crippen LogP contribution in [0.1, 0.15) is 6.92 Å². The van der Waals surface area contributed by atoms with Gasteiger partial charge in [-0.1, -0.05) is 0 Å². The summed E-state index contributed by atoms with van der Waals surface area (Å²) in [5.74, 6) is -3.86. The predicted molar refractivity (Wildman–Crippen MR) is 116 cm³/mol. The molecule has 2 atom stereocenters. The molecule has 14 heteroatoms. The smallest absolute Gasteiger partial charge is 0.342 e. The maximum absolute atomic E-state index is 15.4. The quantitative estimate of drug-likeness (QED) is 0.246. The Kier molecular flexibility index (Phi) is 7.20. The number of nitro benzene ring substituents is 1. The fourth-order valence-corrected chi connectivity index (χ4v) is 3.65. The average Bonchev–Trinajstić information content (AvgIpc) is 2.86. The summed E-state index contributed by atoms with van der Waals surface area (Å²) >= 11 is 0. The van der Waals surface area contributed by atoms with Gasteiger partial charge in [0.1, 0.15) is 28.7 Å². The summed E-state index contributed by atoms with van der Waals surface area (Å²) in [5.41, 5.74) is -5.33. The summed E-state index contributed by atoms with van der Waals surface area (Å²) in [6.07, 6.45) is -2.30. The third kappa shape index (κ3) is 4.18. The normalized spacial score (nSPS) is 21.9. The van der Waals surface area contributed by atoms with Gasteiger partial charge in [-0.05, 0) is 25.1 Å². The van der Waals surface area contributed by atoms with Crippen molar-refractivity contribution in [2.24, 2.45) is 4.99 Å². The van der Waals surface area contributed by atoms with Crippen LogP contribution >= 0.6 is 0 Å². The van der Waals surface area contributed by atoms with Crippen molar-refractivity contribution >= 4 is 23.6 Å². The number of methoxy groups -OCH3 is 3. The predicted octanol–water partition coefficient (Wildman–Crippen LogP) is 3.18. The highest BCUT2D eigenvalue weighted by atomic mass is 19.2. The van der Waals surface area contributed by atoms with Crippen LogP contribution in [0.2, 0.25) is 0 Å². The Morgan fingerprint density at radius 1 is 1.19 bits per heavy atom. The molecule has 11 nitrogen and oxygen atoms in total. The number of carbonyl (C=O) groups excluding carboxylic acids is 2. The number of esters is 1. The molecule has 36 heavy (non-hydrogen) atoms. The fraction of sp³-hybridized carbons (Fsp3) is 0.273. The second kappa shape index (κ2) is 9.96. The van der Waals surface area contributed by atoms with Gasteiger partial charge < -0.3 is 19.0 Å². The maximum Gasteiger partial charge on any atom is 0.342 e. The second-order valence-corrected chi connectivity index (χ2v) is 7.32. The number of hydrogen-bond acceptors (Lipinski definition) is 10. The molecule has 1 aromatic carbocycles. The Morgan fingerprint density at radius 3 is 2.33 bits per heavy atom. The molecular weight excluding hydrogens is 491 g/mol. The summed E-state index contributed by atoms with van der Waals surface area (Å²) in [6.45, 7) is 1.07. The first-order valence-corrected chi connectivity index (χ1v) is 9.94. The van der Waals surface area contributed by atoms with Crippen LogP contribution in [0.3, 0.4) is 0 Å². The monoisotopic (exact) mass is 509 g/mol. The zero-order chi connectivity index (χ0) is 26.8. The molecule has 2 unspecified atom stereocenters. The van der Waals surface area contributed by atoms with Crippen molar-refractivity contribution in [3.05, 3.63) is 74.7 Å².